The molecule has 2 fully saturated rings. The Balaban J connectivity index is 1.47. The molecule has 1 N–H and O–H groups in total. The Labute approximate surface area is 186 Å². The van der Waals surface area contributed by atoms with E-state index in [9.17, 15) is 19.6 Å². The summed E-state index contributed by atoms with van der Waals surface area (Å²) < 4.78 is 5.20. The van der Waals surface area contributed by atoms with Crippen LogP contribution in [0, 0.1) is 17.2 Å². The van der Waals surface area contributed by atoms with Gasteiger partial charge in [0.05, 0.1) is 30.4 Å². The number of furan rings is 1. The van der Waals surface area contributed by atoms with Crippen molar-refractivity contribution >= 4 is 17.8 Å². The minimum atomic E-state index is -0.385. The van der Waals surface area contributed by atoms with Crippen molar-refractivity contribution in [2.45, 2.75) is 51.2 Å². The van der Waals surface area contributed by atoms with E-state index in [0.717, 1.165) is 31.2 Å². The lowest BCUT2D eigenvalue weighted by Gasteiger charge is -2.47. The average Bonchev–Trinajstić information content (AvgIpc) is 3.34. The van der Waals surface area contributed by atoms with Crippen LogP contribution < -0.4 is 5.32 Å². The molecule has 1 aliphatic heterocycles. The molecule has 0 radical (unpaired) electrons. The van der Waals surface area contributed by atoms with Crippen LogP contribution in [0.15, 0.2) is 47.1 Å². The number of rotatable bonds is 7. The van der Waals surface area contributed by atoms with Crippen LogP contribution in [-0.4, -0.2) is 40.2 Å². The minimum Gasteiger partial charge on any atom is -0.467 e. The molecule has 1 aromatic heterocycles. The average molecular weight is 434 g/mol. The molecule has 2 unspecified atom stereocenters. The second-order valence-electron chi connectivity index (χ2n) is 8.23. The van der Waals surface area contributed by atoms with Crippen molar-refractivity contribution in [3.63, 3.8) is 0 Å². The van der Waals surface area contributed by atoms with Gasteiger partial charge in [-0.15, -0.1) is 0 Å². The first-order valence-electron chi connectivity index (χ1n) is 11.0. The quantitative estimate of drug-likeness (QED) is 0.720. The maximum atomic E-state index is 13.4. The lowest BCUT2D eigenvalue weighted by molar-refractivity contribution is -0.141. The Bertz CT molecular complexity index is 1030. The van der Waals surface area contributed by atoms with Crippen LogP contribution in [0.2, 0.25) is 0 Å². The van der Waals surface area contributed by atoms with Crippen LogP contribution >= 0.6 is 0 Å². The Morgan fingerprint density at radius 3 is 2.75 bits per heavy atom. The van der Waals surface area contributed by atoms with Gasteiger partial charge >= 0.3 is 6.03 Å². The molecule has 2 atom stereocenters. The number of urea groups is 1. The molecular weight excluding hydrogens is 408 g/mol. The highest BCUT2D eigenvalue weighted by Gasteiger charge is 2.46. The van der Waals surface area contributed by atoms with Crippen LogP contribution in [0.4, 0.5) is 4.79 Å². The van der Waals surface area contributed by atoms with E-state index >= 15 is 0 Å². The lowest BCUT2D eigenvalue weighted by Crippen LogP contribution is -2.62. The van der Waals surface area contributed by atoms with E-state index in [0.29, 0.717) is 11.3 Å². The fourth-order valence-electron chi connectivity index (χ4n) is 4.61. The number of hydrogen-bond donors (Lipinski definition) is 1. The summed E-state index contributed by atoms with van der Waals surface area (Å²) in [6.07, 6.45) is 4.97. The summed E-state index contributed by atoms with van der Waals surface area (Å²) in [7, 11) is 0. The topological polar surface area (TPSA) is 107 Å². The number of nitriles is 1. The van der Waals surface area contributed by atoms with Crippen LogP contribution in [0.25, 0.3) is 0 Å². The van der Waals surface area contributed by atoms with Crippen molar-refractivity contribution in [2.75, 3.05) is 6.54 Å². The Morgan fingerprint density at radius 1 is 1.16 bits per heavy atom. The van der Waals surface area contributed by atoms with Gasteiger partial charge in [-0.2, -0.15) is 5.26 Å². The van der Waals surface area contributed by atoms with Crippen LogP contribution in [0.3, 0.4) is 0 Å². The van der Waals surface area contributed by atoms with Crippen LogP contribution in [-0.2, 0) is 22.7 Å². The molecular formula is C24H26N4O4. The van der Waals surface area contributed by atoms with E-state index < -0.39 is 0 Å². The van der Waals surface area contributed by atoms with Gasteiger partial charge < -0.3 is 14.6 Å². The third-order valence-electron chi connectivity index (χ3n) is 6.27. The normalized spacial score (nSPS) is 20.6. The van der Waals surface area contributed by atoms with Crippen molar-refractivity contribution in [3.05, 3.63) is 59.5 Å². The highest BCUT2D eigenvalue weighted by molar-refractivity contribution is 5.99. The van der Waals surface area contributed by atoms with Gasteiger partial charge in [-0.25, -0.2) is 4.79 Å². The smallest absolute Gasteiger partial charge is 0.327 e. The lowest BCUT2D eigenvalue weighted by atomic mass is 9.81. The first-order chi connectivity index (χ1) is 15.6. The van der Waals surface area contributed by atoms with Gasteiger partial charge in [0.15, 0.2) is 0 Å². The van der Waals surface area contributed by atoms with Gasteiger partial charge in [0.1, 0.15) is 5.76 Å². The highest BCUT2D eigenvalue weighted by Crippen LogP contribution is 2.35. The number of imide groups is 1. The van der Waals surface area contributed by atoms with E-state index in [2.05, 4.69) is 11.4 Å². The molecule has 166 valence electrons. The number of amides is 4. The zero-order valence-corrected chi connectivity index (χ0v) is 17.8. The summed E-state index contributed by atoms with van der Waals surface area (Å²) in [5.41, 5.74) is 1.28. The second kappa shape index (κ2) is 9.69. The SMILES string of the molecule is N#Cc1ccccc1CN1C(=O)N(CCC(=O)NCc2ccco2)C(=O)C2CCCCC21. The summed E-state index contributed by atoms with van der Waals surface area (Å²) in [4.78, 5) is 41.7. The van der Waals surface area contributed by atoms with E-state index in [1.54, 1.807) is 29.2 Å². The van der Waals surface area contributed by atoms with Gasteiger partial charge in [-0.3, -0.25) is 14.5 Å². The first-order valence-corrected chi connectivity index (χ1v) is 11.0. The third kappa shape index (κ3) is 4.52. The standard InChI is InChI=1S/C24H26N4O4/c25-14-17-6-1-2-7-18(17)16-28-21-10-4-3-9-20(21)23(30)27(24(28)31)12-11-22(29)26-15-19-8-5-13-32-19/h1-2,5-8,13,20-21H,3-4,9-12,15-16H2,(H,26,29). The number of nitrogens with zero attached hydrogens (tertiary/aromatic N) is 3. The zero-order chi connectivity index (χ0) is 22.5. The van der Waals surface area contributed by atoms with Crippen molar-refractivity contribution in [2.24, 2.45) is 5.92 Å². The summed E-state index contributed by atoms with van der Waals surface area (Å²) in [6, 6.07) is 12.3. The molecule has 8 nitrogen and oxygen atoms in total. The Hall–Kier alpha value is -3.60. The van der Waals surface area contributed by atoms with Crippen LogP contribution in [0.1, 0.15) is 49.0 Å². The molecule has 1 saturated heterocycles. The van der Waals surface area contributed by atoms with Gasteiger partial charge in [0.2, 0.25) is 11.8 Å². The maximum Gasteiger partial charge on any atom is 0.327 e. The molecule has 1 saturated carbocycles. The Kier molecular flexibility index (Phi) is 6.55. The molecule has 2 aliphatic rings. The fraction of sp³-hybridized carbons (Fsp3) is 0.417. The molecule has 2 heterocycles. The number of benzene rings is 1. The molecule has 8 heteroatoms. The largest absolute Gasteiger partial charge is 0.467 e. The van der Waals surface area contributed by atoms with E-state index in [4.69, 9.17) is 4.42 Å². The van der Waals surface area contributed by atoms with Crippen molar-refractivity contribution in [1.82, 2.24) is 15.1 Å². The predicted octanol–water partition coefficient (Wildman–Crippen LogP) is 3.18. The number of hydrogen-bond acceptors (Lipinski definition) is 5. The predicted molar refractivity (Wildman–Crippen MR) is 115 cm³/mol. The number of nitrogens with one attached hydrogen (secondary N) is 1. The summed E-state index contributed by atoms with van der Waals surface area (Å²) >= 11 is 0. The van der Waals surface area contributed by atoms with Gasteiger partial charge in [0.25, 0.3) is 0 Å². The molecule has 32 heavy (non-hydrogen) atoms. The summed E-state index contributed by atoms with van der Waals surface area (Å²) in [5, 5.41) is 12.2. The molecule has 1 aliphatic carbocycles. The van der Waals surface area contributed by atoms with Crippen molar-refractivity contribution in [1.29, 1.82) is 5.26 Å². The minimum absolute atomic E-state index is 0.0260. The molecule has 4 rings (SSSR count). The highest BCUT2D eigenvalue weighted by atomic mass is 16.3. The van der Waals surface area contributed by atoms with Crippen molar-refractivity contribution < 1.29 is 18.8 Å². The van der Waals surface area contributed by atoms with Gasteiger partial charge in [-0.1, -0.05) is 31.0 Å². The summed E-state index contributed by atoms with van der Waals surface area (Å²) in [5.74, 6) is -0.0739. The molecule has 0 bridgehead atoms. The molecule has 0 spiro atoms. The maximum absolute atomic E-state index is 13.4. The zero-order valence-electron chi connectivity index (χ0n) is 17.8. The number of carbonyl (C=O) groups excluding carboxylic acids is 3. The van der Waals surface area contributed by atoms with Crippen molar-refractivity contribution in [3.8, 4) is 6.07 Å². The van der Waals surface area contributed by atoms with Gasteiger partial charge in [0, 0.05) is 25.6 Å². The molecule has 4 amide bonds. The molecule has 1 aromatic carbocycles. The van der Waals surface area contributed by atoms with E-state index in [1.165, 1.54) is 11.2 Å². The molecule has 2 aromatic rings. The van der Waals surface area contributed by atoms with E-state index in [-0.39, 0.29) is 55.9 Å². The monoisotopic (exact) mass is 434 g/mol. The number of fused-ring (bicyclic) bond motifs is 1. The third-order valence-corrected chi connectivity index (χ3v) is 6.27. The van der Waals surface area contributed by atoms with E-state index in [1.807, 2.05) is 12.1 Å². The Morgan fingerprint density at radius 2 is 1.97 bits per heavy atom. The summed E-state index contributed by atoms with van der Waals surface area (Å²) in [6.45, 7) is 0.564. The van der Waals surface area contributed by atoms with Crippen LogP contribution in [0.5, 0.6) is 0 Å². The first kappa shape index (κ1) is 21.6. The van der Waals surface area contributed by atoms with Gasteiger partial charge in [-0.05, 0) is 36.6 Å². The fourth-order valence-corrected chi connectivity index (χ4v) is 4.61. The second-order valence-corrected chi connectivity index (χ2v) is 8.23. The number of carbonyl (C=O) groups is 3.